The molecule has 0 aliphatic heterocycles. The minimum Gasteiger partial charge on any atom is -0.384 e. The van der Waals surface area contributed by atoms with Gasteiger partial charge in [0, 0.05) is 11.0 Å². The fourth-order valence-electron chi connectivity index (χ4n) is 2.15. The lowest BCUT2D eigenvalue weighted by Gasteiger charge is -2.26. The highest BCUT2D eigenvalue weighted by atomic mass is 79.9. The normalized spacial score (nSPS) is 10.3. The number of rotatable bonds is 4. The molecule has 3 N–H and O–H groups in total. The van der Waals surface area contributed by atoms with Crippen molar-refractivity contribution in [3.05, 3.63) is 58.3 Å². The van der Waals surface area contributed by atoms with Crippen LogP contribution in [0.1, 0.15) is 12.5 Å². The molecule has 2 rings (SSSR count). The van der Waals surface area contributed by atoms with Crippen molar-refractivity contribution in [3.63, 3.8) is 0 Å². The summed E-state index contributed by atoms with van der Waals surface area (Å²) in [6, 6.07) is 12.1. The van der Waals surface area contributed by atoms with Gasteiger partial charge in [0.15, 0.2) is 0 Å². The molecule has 2 aromatic rings. The van der Waals surface area contributed by atoms with E-state index in [-0.39, 0.29) is 11.7 Å². The highest BCUT2D eigenvalue weighted by Crippen LogP contribution is 2.33. The van der Waals surface area contributed by atoms with Gasteiger partial charge in [0.05, 0.1) is 16.9 Å². The first-order chi connectivity index (χ1) is 9.56. The van der Waals surface area contributed by atoms with Crippen LogP contribution in [0.3, 0.4) is 0 Å². The number of hydrogen-bond acceptors (Lipinski definition) is 2. The van der Waals surface area contributed by atoms with E-state index in [9.17, 15) is 4.39 Å². The molecule has 0 bridgehead atoms. The van der Waals surface area contributed by atoms with Crippen molar-refractivity contribution in [2.24, 2.45) is 5.73 Å². The van der Waals surface area contributed by atoms with Crippen LogP contribution in [-0.4, -0.2) is 12.4 Å². The second kappa shape index (κ2) is 6.05. The van der Waals surface area contributed by atoms with Gasteiger partial charge in [-0.2, -0.15) is 0 Å². The summed E-state index contributed by atoms with van der Waals surface area (Å²) in [5.41, 5.74) is 7.40. The zero-order valence-electron chi connectivity index (χ0n) is 11.0. The van der Waals surface area contributed by atoms with E-state index in [0.29, 0.717) is 23.5 Å². The third-order valence-electron chi connectivity index (χ3n) is 3.01. The molecule has 0 spiro atoms. The van der Waals surface area contributed by atoms with Crippen molar-refractivity contribution in [2.45, 2.75) is 6.92 Å². The molecule has 0 aliphatic rings. The third kappa shape index (κ3) is 2.67. The van der Waals surface area contributed by atoms with Crippen LogP contribution in [0.15, 0.2) is 46.9 Å². The minimum atomic E-state index is -0.302. The summed E-state index contributed by atoms with van der Waals surface area (Å²) in [7, 11) is 0. The molecule has 5 heteroatoms. The summed E-state index contributed by atoms with van der Waals surface area (Å²) in [5.74, 6) is -0.355. The molecule has 104 valence electrons. The van der Waals surface area contributed by atoms with Crippen LogP contribution in [-0.2, 0) is 0 Å². The van der Waals surface area contributed by atoms with Gasteiger partial charge in [-0.3, -0.25) is 5.41 Å². The van der Waals surface area contributed by atoms with Crippen LogP contribution >= 0.6 is 15.9 Å². The molecule has 0 heterocycles. The van der Waals surface area contributed by atoms with E-state index in [1.807, 2.05) is 25.1 Å². The highest BCUT2D eigenvalue weighted by Gasteiger charge is 2.18. The quantitative estimate of drug-likeness (QED) is 0.654. The Balaban J connectivity index is 2.62. The molecular weight excluding hydrogens is 321 g/mol. The van der Waals surface area contributed by atoms with Gasteiger partial charge in [-0.15, -0.1) is 0 Å². The molecule has 0 aromatic heterocycles. The van der Waals surface area contributed by atoms with Crippen molar-refractivity contribution in [1.82, 2.24) is 0 Å². The summed E-state index contributed by atoms with van der Waals surface area (Å²) in [6.45, 7) is 2.49. The SMILES string of the molecule is CCN(c1ccccc1F)c1cccc(Br)c1C(=N)N. The standard InChI is InChI=1S/C15H15BrFN3/c1-2-20(12-8-4-3-7-11(12)17)13-9-5-6-10(16)14(13)15(18)19/h3-9H,2H2,1H3,(H3,18,19). The van der Waals surface area contributed by atoms with Crippen molar-refractivity contribution >= 4 is 33.1 Å². The van der Waals surface area contributed by atoms with Crippen LogP contribution in [0.2, 0.25) is 0 Å². The van der Waals surface area contributed by atoms with Gasteiger partial charge in [0.1, 0.15) is 11.7 Å². The lowest BCUT2D eigenvalue weighted by atomic mass is 10.1. The Morgan fingerprint density at radius 3 is 2.45 bits per heavy atom. The van der Waals surface area contributed by atoms with E-state index in [1.54, 1.807) is 23.1 Å². The number of hydrogen-bond donors (Lipinski definition) is 2. The monoisotopic (exact) mass is 335 g/mol. The first-order valence-corrected chi connectivity index (χ1v) is 7.00. The van der Waals surface area contributed by atoms with Crippen LogP contribution in [0.5, 0.6) is 0 Å². The van der Waals surface area contributed by atoms with Crippen molar-refractivity contribution in [3.8, 4) is 0 Å². The van der Waals surface area contributed by atoms with Crippen LogP contribution in [0.25, 0.3) is 0 Å². The molecule has 0 saturated heterocycles. The van der Waals surface area contributed by atoms with Gasteiger partial charge in [-0.25, -0.2) is 4.39 Å². The van der Waals surface area contributed by atoms with Gasteiger partial charge >= 0.3 is 0 Å². The molecular formula is C15H15BrFN3. The molecule has 0 amide bonds. The Bertz CT molecular complexity index is 643. The summed E-state index contributed by atoms with van der Waals surface area (Å²) in [6.07, 6.45) is 0. The molecule has 0 unspecified atom stereocenters. The Morgan fingerprint density at radius 2 is 1.85 bits per heavy atom. The van der Waals surface area contributed by atoms with Crippen molar-refractivity contribution < 1.29 is 4.39 Å². The van der Waals surface area contributed by atoms with E-state index in [0.717, 1.165) is 4.47 Å². The summed E-state index contributed by atoms with van der Waals surface area (Å²) in [5, 5.41) is 7.73. The Hall–Kier alpha value is -1.88. The second-order valence-corrected chi connectivity index (χ2v) is 5.10. The molecule has 2 aromatic carbocycles. The van der Waals surface area contributed by atoms with E-state index >= 15 is 0 Å². The number of amidine groups is 1. The van der Waals surface area contributed by atoms with E-state index < -0.39 is 0 Å². The van der Waals surface area contributed by atoms with Crippen LogP contribution in [0.4, 0.5) is 15.8 Å². The maximum absolute atomic E-state index is 14.0. The zero-order valence-corrected chi connectivity index (χ0v) is 12.6. The average Bonchev–Trinajstić information content (AvgIpc) is 2.41. The molecule has 0 aliphatic carbocycles. The molecule has 0 radical (unpaired) electrons. The number of nitrogens with zero attached hydrogens (tertiary/aromatic N) is 1. The lowest BCUT2D eigenvalue weighted by molar-refractivity contribution is 0.625. The molecule has 0 atom stereocenters. The Morgan fingerprint density at radius 1 is 1.20 bits per heavy atom. The van der Waals surface area contributed by atoms with E-state index in [2.05, 4.69) is 15.9 Å². The molecule has 20 heavy (non-hydrogen) atoms. The molecule has 0 fully saturated rings. The van der Waals surface area contributed by atoms with Gasteiger partial charge in [-0.1, -0.05) is 18.2 Å². The number of benzene rings is 2. The zero-order chi connectivity index (χ0) is 14.7. The van der Waals surface area contributed by atoms with E-state index in [1.165, 1.54) is 6.07 Å². The number of nitrogens with two attached hydrogens (primary N) is 1. The van der Waals surface area contributed by atoms with E-state index in [4.69, 9.17) is 11.1 Å². The average molecular weight is 336 g/mol. The summed E-state index contributed by atoms with van der Waals surface area (Å²) >= 11 is 3.40. The fourth-order valence-corrected chi connectivity index (χ4v) is 2.71. The van der Waals surface area contributed by atoms with Gasteiger partial charge in [0.2, 0.25) is 0 Å². The number of halogens is 2. The number of nitrogens with one attached hydrogen (secondary N) is 1. The largest absolute Gasteiger partial charge is 0.384 e. The predicted octanol–water partition coefficient (Wildman–Crippen LogP) is 4.03. The Labute approximate surface area is 125 Å². The van der Waals surface area contributed by atoms with Crippen molar-refractivity contribution in [2.75, 3.05) is 11.4 Å². The summed E-state index contributed by atoms with van der Waals surface area (Å²) < 4.78 is 14.7. The maximum atomic E-state index is 14.0. The first kappa shape index (κ1) is 14.5. The Kier molecular flexibility index (Phi) is 4.39. The first-order valence-electron chi connectivity index (χ1n) is 6.21. The number of nitrogen functional groups attached to an aromatic ring is 1. The van der Waals surface area contributed by atoms with Gasteiger partial charge < -0.3 is 10.6 Å². The predicted molar refractivity (Wildman–Crippen MR) is 84.2 cm³/mol. The third-order valence-corrected chi connectivity index (χ3v) is 3.67. The second-order valence-electron chi connectivity index (χ2n) is 4.24. The van der Waals surface area contributed by atoms with Gasteiger partial charge in [0.25, 0.3) is 0 Å². The fraction of sp³-hybridized carbons (Fsp3) is 0.133. The number of para-hydroxylation sites is 1. The van der Waals surface area contributed by atoms with Gasteiger partial charge in [-0.05, 0) is 47.1 Å². The molecule has 3 nitrogen and oxygen atoms in total. The number of anilines is 2. The smallest absolute Gasteiger partial charge is 0.146 e. The topological polar surface area (TPSA) is 53.1 Å². The van der Waals surface area contributed by atoms with Crippen molar-refractivity contribution in [1.29, 1.82) is 5.41 Å². The maximum Gasteiger partial charge on any atom is 0.146 e. The lowest BCUT2D eigenvalue weighted by Crippen LogP contribution is -2.23. The highest BCUT2D eigenvalue weighted by molar-refractivity contribution is 9.10. The van der Waals surface area contributed by atoms with Crippen LogP contribution < -0.4 is 10.6 Å². The summed E-state index contributed by atoms with van der Waals surface area (Å²) in [4.78, 5) is 1.80. The van der Waals surface area contributed by atoms with Crippen LogP contribution in [0, 0.1) is 11.2 Å². The minimum absolute atomic E-state index is 0.0535. The molecule has 0 saturated carbocycles.